The lowest BCUT2D eigenvalue weighted by atomic mass is 10.0. The second kappa shape index (κ2) is 4.29. The lowest BCUT2D eigenvalue weighted by Crippen LogP contribution is -2.45. The van der Waals surface area contributed by atoms with E-state index in [1.807, 2.05) is 13.8 Å². The Balaban J connectivity index is 2.95. The van der Waals surface area contributed by atoms with Crippen LogP contribution in [0.3, 0.4) is 0 Å². The third kappa shape index (κ3) is 2.09. The van der Waals surface area contributed by atoms with Gasteiger partial charge in [-0.3, -0.25) is 9.69 Å². The van der Waals surface area contributed by atoms with Gasteiger partial charge < -0.3 is 4.74 Å². The van der Waals surface area contributed by atoms with E-state index in [4.69, 9.17) is 0 Å². The van der Waals surface area contributed by atoms with Gasteiger partial charge in [-0.1, -0.05) is 20.4 Å². The van der Waals surface area contributed by atoms with Crippen LogP contribution in [0.4, 0.5) is 0 Å². The van der Waals surface area contributed by atoms with Gasteiger partial charge in [0.2, 0.25) is 0 Å². The Bertz CT molecular complexity index is 313. The first-order chi connectivity index (χ1) is 6.99. The fraction of sp³-hybridized carbons (Fsp3) is 0.455. The molecular formula is C11H15NO3. The summed E-state index contributed by atoms with van der Waals surface area (Å²) in [4.78, 5) is 24.4. The van der Waals surface area contributed by atoms with Crippen molar-refractivity contribution in [1.82, 2.24) is 4.90 Å². The van der Waals surface area contributed by atoms with E-state index >= 15 is 0 Å². The van der Waals surface area contributed by atoms with E-state index < -0.39 is 12.0 Å². The summed E-state index contributed by atoms with van der Waals surface area (Å²) < 4.78 is 4.68. The van der Waals surface area contributed by atoms with Crippen LogP contribution in [0.15, 0.2) is 24.4 Å². The number of amides is 1. The molecule has 1 atom stereocenters. The molecule has 1 aliphatic heterocycles. The minimum atomic E-state index is -0.593. The van der Waals surface area contributed by atoms with Crippen molar-refractivity contribution in [2.24, 2.45) is 5.92 Å². The highest BCUT2D eigenvalue weighted by Gasteiger charge is 2.35. The topological polar surface area (TPSA) is 46.6 Å². The third-order valence-corrected chi connectivity index (χ3v) is 2.32. The highest BCUT2D eigenvalue weighted by molar-refractivity contribution is 5.96. The van der Waals surface area contributed by atoms with Gasteiger partial charge in [-0.25, -0.2) is 4.79 Å². The van der Waals surface area contributed by atoms with Gasteiger partial charge in [-0.2, -0.15) is 0 Å². The summed E-state index contributed by atoms with van der Waals surface area (Å²) in [5, 5.41) is 0. The minimum absolute atomic E-state index is 0.0157. The predicted octanol–water partition coefficient (Wildman–Crippen LogP) is 1.10. The van der Waals surface area contributed by atoms with Crippen LogP contribution in [0.1, 0.15) is 13.8 Å². The van der Waals surface area contributed by atoms with Crippen LogP contribution >= 0.6 is 0 Å². The molecule has 1 amide bonds. The van der Waals surface area contributed by atoms with Crippen molar-refractivity contribution in [2.75, 3.05) is 7.11 Å². The van der Waals surface area contributed by atoms with Gasteiger partial charge in [0.05, 0.1) is 7.11 Å². The molecule has 0 spiro atoms. The monoisotopic (exact) mass is 209 g/mol. The lowest BCUT2D eigenvalue weighted by molar-refractivity contribution is -0.151. The molecule has 0 aromatic heterocycles. The number of carbonyl (C=O) groups excluding carboxylic acids is 2. The fourth-order valence-corrected chi connectivity index (χ4v) is 1.58. The Morgan fingerprint density at radius 2 is 2.07 bits per heavy atom. The molecule has 4 nitrogen and oxygen atoms in total. The highest BCUT2D eigenvalue weighted by Crippen LogP contribution is 2.22. The van der Waals surface area contributed by atoms with Crippen LogP contribution in [-0.2, 0) is 14.3 Å². The first-order valence-corrected chi connectivity index (χ1v) is 4.77. The molecule has 0 N–H and O–H groups in total. The zero-order valence-electron chi connectivity index (χ0n) is 9.19. The lowest BCUT2D eigenvalue weighted by Gasteiger charge is -2.29. The Kier molecular flexibility index (Phi) is 3.29. The number of ether oxygens (including phenoxy) is 1. The van der Waals surface area contributed by atoms with Gasteiger partial charge >= 0.3 is 5.97 Å². The summed E-state index contributed by atoms with van der Waals surface area (Å²) in [5.74, 6) is -0.648. The van der Waals surface area contributed by atoms with Crippen molar-refractivity contribution >= 4 is 11.9 Å². The van der Waals surface area contributed by atoms with Crippen molar-refractivity contribution in [3.8, 4) is 0 Å². The molecular weight excluding hydrogens is 194 g/mol. The molecule has 0 saturated heterocycles. The van der Waals surface area contributed by atoms with E-state index in [9.17, 15) is 9.59 Å². The van der Waals surface area contributed by atoms with E-state index in [0.717, 1.165) is 0 Å². The molecule has 0 aromatic rings. The van der Waals surface area contributed by atoms with Gasteiger partial charge in [0.1, 0.15) is 6.04 Å². The molecule has 0 aliphatic carbocycles. The van der Waals surface area contributed by atoms with Crippen LogP contribution in [0.25, 0.3) is 0 Å². The largest absolute Gasteiger partial charge is 0.467 e. The first kappa shape index (κ1) is 11.5. The SMILES string of the molecule is C=C1C=CC(=O)N1[C@H](C(=O)OC)C(C)C. The summed E-state index contributed by atoms with van der Waals surface area (Å²) in [6.07, 6.45) is 3.00. The number of rotatable bonds is 3. The number of allylic oxidation sites excluding steroid dienone is 1. The van der Waals surface area contributed by atoms with Gasteiger partial charge in [0, 0.05) is 11.8 Å². The molecule has 1 heterocycles. The van der Waals surface area contributed by atoms with E-state index in [1.54, 1.807) is 6.08 Å². The van der Waals surface area contributed by atoms with Crippen LogP contribution < -0.4 is 0 Å². The van der Waals surface area contributed by atoms with Crippen molar-refractivity contribution in [3.05, 3.63) is 24.4 Å². The van der Waals surface area contributed by atoms with Gasteiger partial charge in [0.15, 0.2) is 0 Å². The number of carbonyl (C=O) groups is 2. The molecule has 4 heteroatoms. The number of methoxy groups -OCH3 is 1. The molecule has 0 fully saturated rings. The molecule has 0 aromatic carbocycles. The van der Waals surface area contributed by atoms with Gasteiger partial charge in [0.25, 0.3) is 5.91 Å². The quantitative estimate of drug-likeness (QED) is 0.654. The zero-order valence-corrected chi connectivity index (χ0v) is 9.19. The van der Waals surface area contributed by atoms with Crippen molar-refractivity contribution < 1.29 is 14.3 Å². The summed E-state index contributed by atoms with van der Waals surface area (Å²) in [6.45, 7) is 7.44. The van der Waals surface area contributed by atoms with E-state index in [-0.39, 0.29) is 11.8 Å². The molecule has 0 unspecified atom stereocenters. The van der Waals surface area contributed by atoms with Crippen LogP contribution in [0.5, 0.6) is 0 Å². The number of hydrogen-bond acceptors (Lipinski definition) is 3. The zero-order chi connectivity index (χ0) is 11.6. The van der Waals surface area contributed by atoms with Crippen molar-refractivity contribution in [2.45, 2.75) is 19.9 Å². The Morgan fingerprint density at radius 1 is 1.47 bits per heavy atom. The van der Waals surface area contributed by atoms with E-state index in [2.05, 4.69) is 11.3 Å². The Hall–Kier alpha value is -1.58. The Morgan fingerprint density at radius 3 is 2.40 bits per heavy atom. The molecule has 0 radical (unpaired) electrons. The third-order valence-electron chi connectivity index (χ3n) is 2.32. The van der Waals surface area contributed by atoms with E-state index in [1.165, 1.54) is 18.1 Å². The Labute approximate surface area is 89.2 Å². The first-order valence-electron chi connectivity index (χ1n) is 4.77. The number of nitrogens with zero attached hydrogens (tertiary/aromatic N) is 1. The normalized spacial score (nSPS) is 17.5. The molecule has 0 bridgehead atoms. The maximum Gasteiger partial charge on any atom is 0.329 e. The van der Waals surface area contributed by atoms with Crippen LogP contribution in [0, 0.1) is 5.92 Å². The standard InChI is InChI=1S/C11H15NO3/c1-7(2)10(11(14)15-4)12-8(3)5-6-9(12)13/h5-7,10H,3H2,1-2,4H3/t10-/m0/s1. The average molecular weight is 209 g/mol. The second-order valence-electron chi connectivity index (χ2n) is 3.74. The average Bonchev–Trinajstić information content (AvgIpc) is 2.49. The van der Waals surface area contributed by atoms with Crippen molar-refractivity contribution in [3.63, 3.8) is 0 Å². The maximum absolute atomic E-state index is 11.5. The van der Waals surface area contributed by atoms with Crippen LogP contribution in [-0.4, -0.2) is 29.9 Å². The second-order valence-corrected chi connectivity index (χ2v) is 3.74. The molecule has 1 aliphatic rings. The van der Waals surface area contributed by atoms with Crippen LogP contribution in [0.2, 0.25) is 0 Å². The summed E-state index contributed by atoms with van der Waals surface area (Å²) in [6, 6.07) is -0.593. The summed E-state index contributed by atoms with van der Waals surface area (Å²) in [7, 11) is 1.31. The number of hydrogen-bond donors (Lipinski definition) is 0. The van der Waals surface area contributed by atoms with Gasteiger partial charge in [-0.05, 0) is 12.0 Å². The summed E-state index contributed by atoms with van der Waals surface area (Å²) in [5.41, 5.74) is 0.532. The highest BCUT2D eigenvalue weighted by atomic mass is 16.5. The van der Waals surface area contributed by atoms with E-state index in [0.29, 0.717) is 5.70 Å². The fourth-order valence-electron chi connectivity index (χ4n) is 1.58. The molecule has 0 saturated carbocycles. The smallest absolute Gasteiger partial charge is 0.329 e. The molecule has 82 valence electrons. The number of esters is 1. The summed E-state index contributed by atoms with van der Waals surface area (Å²) >= 11 is 0. The minimum Gasteiger partial charge on any atom is -0.467 e. The molecule has 15 heavy (non-hydrogen) atoms. The van der Waals surface area contributed by atoms with Gasteiger partial charge in [-0.15, -0.1) is 0 Å². The predicted molar refractivity (Wildman–Crippen MR) is 55.8 cm³/mol. The van der Waals surface area contributed by atoms with Crippen molar-refractivity contribution in [1.29, 1.82) is 0 Å². The maximum atomic E-state index is 11.5. The molecule has 1 rings (SSSR count).